The molecule has 50 heavy (non-hydrogen) atoms. The van der Waals surface area contributed by atoms with Crippen molar-refractivity contribution in [3.63, 3.8) is 0 Å². The number of aromatic nitrogens is 4. The van der Waals surface area contributed by atoms with Gasteiger partial charge >= 0.3 is 8.25 Å². The summed E-state index contributed by atoms with van der Waals surface area (Å²) in [5, 5.41) is -0.227. The molecule has 5 aromatic rings. The SMILES string of the molecule is Cc1ccc(C(O[C@@H]2[C@@H](CO[P+](=O)O)OC(n3cnc4c(=O)[nH]c(N)nc43)[C@@H]2O[Si](C)(C)C(C)(C)C)(c2ccccc2)c2ccccc2)cc1. The summed E-state index contributed by atoms with van der Waals surface area (Å²) in [6.07, 6.45) is -2.14. The summed E-state index contributed by atoms with van der Waals surface area (Å²) in [6, 6.07) is 28.0. The van der Waals surface area contributed by atoms with Gasteiger partial charge in [-0.25, -0.2) is 4.98 Å². The number of nitrogen functional groups attached to an aromatic ring is 1. The number of anilines is 1. The number of aryl methyl sites for hydroxylation is 1. The highest BCUT2D eigenvalue weighted by Crippen LogP contribution is 2.48. The number of nitrogens with zero attached hydrogens (tertiary/aromatic N) is 3. The summed E-state index contributed by atoms with van der Waals surface area (Å²) >= 11 is 0. The minimum atomic E-state index is -2.97. The van der Waals surface area contributed by atoms with E-state index < -0.39 is 52.3 Å². The highest BCUT2D eigenvalue weighted by Gasteiger charge is 2.56. The number of nitrogens with two attached hydrogens (primary N) is 1. The van der Waals surface area contributed by atoms with Crippen molar-refractivity contribution >= 4 is 33.7 Å². The molecule has 3 heterocycles. The Labute approximate surface area is 292 Å². The maximum atomic E-state index is 12.8. The number of rotatable bonds is 11. The minimum absolute atomic E-state index is 0.0760. The van der Waals surface area contributed by atoms with E-state index in [2.05, 4.69) is 48.8 Å². The van der Waals surface area contributed by atoms with Crippen LogP contribution >= 0.6 is 8.25 Å². The topological polar surface area (TPSA) is 164 Å². The molecule has 2 aromatic heterocycles. The monoisotopic (exact) mass is 716 g/mol. The fraction of sp³-hybridized carbons (Fsp3) is 0.361. The van der Waals surface area contributed by atoms with Crippen molar-refractivity contribution in [2.45, 2.75) is 76.0 Å². The van der Waals surface area contributed by atoms with Gasteiger partial charge in [-0.2, -0.15) is 4.98 Å². The van der Waals surface area contributed by atoms with Crippen LogP contribution in [0.1, 0.15) is 49.3 Å². The number of ether oxygens (including phenoxy) is 2. The number of H-pyrrole nitrogens is 1. The molecule has 0 amide bonds. The zero-order chi connectivity index (χ0) is 35.8. The quantitative estimate of drug-likeness (QED) is 0.0798. The van der Waals surface area contributed by atoms with Gasteiger partial charge in [0, 0.05) is 4.57 Å². The fourth-order valence-electron chi connectivity index (χ4n) is 6.16. The second-order valence-corrected chi connectivity index (χ2v) is 19.6. The van der Waals surface area contributed by atoms with Crippen LogP contribution in [0.4, 0.5) is 5.95 Å². The molecular weight excluding hydrogens is 673 g/mol. The second kappa shape index (κ2) is 13.9. The fourth-order valence-corrected chi connectivity index (χ4v) is 7.72. The minimum Gasteiger partial charge on any atom is -0.407 e. The first-order chi connectivity index (χ1) is 23.7. The highest BCUT2D eigenvalue weighted by atomic mass is 31.1. The second-order valence-electron chi connectivity index (χ2n) is 14.1. The van der Waals surface area contributed by atoms with Crippen LogP contribution in [0.3, 0.4) is 0 Å². The molecule has 0 aliphatic carbocycles. The molecule has 1 aliphatic heterocycles. The van der Waals surface area contributed by atoms with Gasteiger partial charge in [0.05, 0.1) is 6.33 Å². The predicted octanol–water partition coefficient (Wildman–Crippen LogP) is 6.34. The summed E-state index contributed by atoms with van der Waals surface area (Å²) in [4.78, 5) is 33.9. The lowest BCUT2D eigenvalue weighted by Gasteiger charge is -2.43. The number of hydrogen-bond donors (Lipinski definition) is 3. The number of benzene rings is 3. The van der Waals surface area contributed by atoms with Crippen molar-refractivity contribution in [1.29, 1.82) is 0 Å². The number of hydrogen-bond acceptors (Lipinski definition) is 9. The molecule has 1 aliphatic rings. The molecule has 14 heteroatoms. The van der Waals surface area contributed by atoms with Crippen molar-refractivity contribution in [2.24, 2.45) is 0 Å². The van der Waals surface area contributed by atoms with E-state index in [4.69, 9.17) is 24.2 Å². The molecule has 2 unspecified atom stereocenters. The van der Waals surface area contributed by atoms with Gasteiger partial charge < -0.3 is 19.6 Å². The van der Waals surface area contributed by atoms with Gasteiger partial charge in [-0.3, -0.25) is 14.3 Å². The first kappa shape index (κ1) is 35.7. The van der Waals surface area contributed by atoms with Gasteiger partial charge in [-0.05, 0) is 41.7 Å². The molecule has 262 valence electrons. The Bertz CT molecular complexity index is 1980. The molecule has 1 saturated heterocycles. The van der Waals surface area contributed by atoms with Gasteiger partial charge in [-0.15, -0.1) is 9.42 Å². The number of imidazole rings is 1. The lowest BCUT2D eigenvalue weighted by molar-refractivity contribution is -0.108. The molecule has 3 aromatic carbocycles. The van der Waals surface area contributed by atoms with Crippen LogP contribution in [-0.2, 0) is 28.6 Å². The molecule has 0 radical (unpaired) electrons. The predicted molar refractivity (Wildman–Crippen MR) is 193 cm³/mol. The van der Waals surface area contributed by atoms with Crippen LogP contribution in [0.15, 0.2) is 96.1 Å². The maximum absolute atomic E-state index is 12.8. The zero-order valence-corrected chi connectivity index (χ0v) is 30.8. The third-order valence-corrected chi connectivity index (χ3v) is 14.6. The van der Waals surface area contributed by atoms with Gasteiger partial charge in [0.2, 0.25) is 5.95 Å². The largest absolute Gasteiger partial charge is 0.694 e. The van der Waals surface area contributed by atoms with E-state index in [-0.39, 0.29) is 28.8 Å². The van der Waals surface area contributed by atoms with E-state index >= 15 is 0 Å². The van der Waals surface area contributed by atoms with Crippen LogP contribution in [-0.4, -0.2) is 57.6 Å². The number of fused-ring (bicyclic) bond motifs is 1. The Kier molecular flexibility index (Phi) is 9.95. The van der Waals surface area contributed by atoms with E-state index in [1.54, 1.807) is 4.57 Å². The summed E-state index contributed by atoms with van der Waals surface area (Å²) in [5.41, 5.74) is 8.21. The third-order valence-electron chi connectivity index (χ3n) is 9.73. The third kappa shape index (κ3) is 6.82. The summed E-state index contributed by atoms with van der Waals surface area (Å²) in [6.45, 7) is 12.4. The molecular formula is C36H43N5O7PSi+. The number of aromatic amines is 1. The van der Waals surface area contributed by atoms with Crippen LogP contribution < -0.4 is 11.3 Å². The highest BCUT2D eigenvalue weighted by molar-refractivity contribution is 7.32. The normalized spacial score (nSPS) is 20.3. The maximum Gasteiger partial charge on any atom is 0.694 e. The Morgan fingerprint density at radius 3 is 2.10 bits per heavy atom. The van der Waals surface area contributed by atoms with E-state index in [1.165, 1.54) is 6.33 Å². The lowest BCUT2D eigenvalue weighted by atomic mass is 9.79. The van der Waals surface area contributed by atoms with Gasteiger partial charge in [-0.1, -0.05) is 111 Å². The molecule has 5 atom stereocenters. The van der Waals surface area contributed by atoms with E-state index in [9.17, 15) is 14.3 Å². The number of nitrogens with one attached hydrogen (secondary N) is 1. The molecule has 4 N–H and O–H groups in total. The first-order valence-electron chi connectivity index (χ1n) is 16.4. The van der Waals surface area contributed by atoms with Gasteiger partial charge in [0.25, 0.3) is 5.56 Å². The lowest BCUT2D eigenvalue weighted by Crippen LogP contribution is -2.52. The Morgan fingerprint density at radius 2 is 1.54 bits per heavy atom. The van der Waals surface area contributed by atoms with Gasteiger partial charge in [0.15, 0.2) is 25.7 Å². The average molecular weight is 717 g/mol. The van der Waals surface area contributed by atoms with Crippen LogP contribution in [0.5, 0.6) is 0 Å². The Hall–Kier alpha value is -4.07. The zero-order valence-electron chi connectivity index (χ0n) is 28.9. The first-order valence-corrected chi connectivity index (χ1v) is 20.5. The molecule has 0 saturated carbocycles. The molecule has 0 spiro atoms. The molecule has 6 rings (SSSR count). The standard InChI is InChI=1S/C36H42N5O7PSi/c1-23-17-19-26(20-18-23)36(24-13-9-7-10-14-24,25-15-11-8-12-16-25)47-29-27(21-45-49(43)44)46-33(30(29)48-50(5,6)35(2,3)4)41-22-38-28-31(41)39-34(37)40-32(28)42/h7-20,22,27,29-30,33H,21H2,1-6H3,(H3-,37,39,40,42,43,44)/p+1/t27-,29-,30-,33?/m1/s1. The molecule has 12 nitrogen and oxygen atoms in total. The average Bonchev–Trinajstić information content (AvgIpc) is 3.64. The Morgan fingerprint density at radius 1 is 0.960 bits per heavy atom. The van der Waals surface area contributed by atoms with Crippen molar-refractivity contribution in [2.75, 3.05) is 12.3 Å². The summed E-state index contributed by atoms with van der Waals surface area (Å²) < 4.78 is 40.5. The van der Waals surface area contributed by atoms with E-state index in [0.29, 0.717) is 0 Å². The summed E-state index contributed by atoms with van der Waals surface area (Å²) in [7, 11) is -5.58. The van der Waals surface area contributed by atoms with Crippen molar-refractivity contribution in [3.05, 3.63) is 124 Å². The van der Waals surface area contributed by atoms with Crippen LogP contribution in [0.2, 0.25) is 18.1 Å². The van der Waals surface area contributed by atoms with E-state index in [1.807, 2.05) is 91.9 Å². The van der Waals surface area contributed by atoms with Crippen molar-refractivity contribution in [3.8, 4) is 0 Å². The van der Waals surface area contributed by atoms with Crippen molar-refractivity contribution in [1.82, 2.24) is 19.5 Å². The van der Waals surface area contributed by atoms with Crippen LogP contribution in [0.25, 0.3) is 11.2 Å². The van der Waals surface area contributed by atoms with Gasteiger partial charge in [0.1, 0.15) is 30.5 Å². The Balaban J connectivity index is 1.61. The van der Waals surface area contributed by atoms with Crippen molar-refractivity contribution < 1.29 is 27.9 Å². The van der Waals surface area contributed by atoms with E-state index in [0.717, 1.165) is 22.3 Å². The smallest absolute Gasteiger partial charge is 0.407 e. The van der Waals surface area contributed by atoms with Crippen LogP contribution in [0, 0.1) is 6.92 Å². The molecule has 1 fully saturated rings. The molecule has 0 bridgehead atoms. The summed E-state index contributed by atoms with van der Waals surface area (Å²) in [5.74, 6) is -0.0828.